The number of carbonyl (C=O) groups is 1. The van der Waals surface area contributed by atoms with E-state index in [9.17, 15) is 4.79 Å². The van der Waals surface area contributed by atoms with Crippen molar-refractivity contribution in [2.45, 2.75) is 18.7 Å². The summed E-state index contributed by atoms with van der Waals surface area (Å²) in [4.78, 5) is 13.2. The Balaban J connectivity index is 2.25. The minimum absolute atomic E-state index is 0.147. The smallest absolute Gasteiger partial charge is 0.239 e. The van der Waals surface area contributed by atoms with E-state index in [-0.39, 0.29) is 11.3 Å². The highest BCUT2D eigenvalue weighted by Gasteiger charge is 2.33. The van der Waals surface area contributed by atoms with E-state index < -0.39 is 0 Å². The molecule has 0 aromatic carbocycles. The Kier molecular flexibility index (Phi) is 2.50. The number of aromatic nitrogens is 2. The van der Waals surface area contributed by atoms with Crippen LogP contribution in [-0.2, 0) is 4.79 Å². The average molecular weight is 215 g/mol. The van der Waals surface area contributed by atoms with Crippen molar-refractivity contribution in [2.24, 2.45) is 0 Å². The maximum Gasteiger partial charge on any atom is 0.239 e. The second-order valence-corrected chi connectivity index (χ2v) is 4.64. The van der Waals surface area contributed by atoms with Crippen LogP contribution in [0.3, 0.4) is 0 Å². The molecule has 1 saturated heterocycles. The number of hydrogen-bond acceptors (Lipinski definition) is 5. The van der Waals surface area contributed by atoms with Crippen LogP contribution < -0.4 is 4.90 Å². The Morgan fingerprint density at radius 2 is 2.62 bits per heavy atom. The van der Waals surface area contributed by atoms with Gasteiger partial charge in [0.2, 0.25) is 11.0 Å². The standard InChI is InChI=1S/C7H9N3OS2/c1-2-6-10(5(11)3-12-6)7-9-8-4-13-7/h4,6H,2-3H2,1H3. The Labute approximate surface area is 84.3 Å². The topological polar surface area (TPSA) is 46.1 Å². The van der Waals surface area contributed by atoms with Gasteiger partial charge in [0.15, 0.2) is 0 Å². The first kappa shape index (κ1) is 8.96. The maximum atomic E-state index is 11.5. The van der Waals surface area contributed by atoms with E-state index >= 15 is 0 Å². The number of anilines is 1. The van der Waals surface area contributed by atoms with Gasteiger partial charge < -0.3 is 0 Å². The highest BCUT2D eigenvalue weighted by molar-refractivity contribution is 8.01. The van der Waals surface area contributed by atoms with Crippen molar-refractivity contribution in [3.05, 3.63) is 5.51 Å². The fourth-order valence-corrected chi connectivity index (χ4v) is 3.04. The Bertz CT molecular complexity index is 301. The largest absolute Gasteiger partial charge is 0.273 e. The second-order valence-electron chi connectivity index (χ2n) is 2.66. The van der Waals surface area contributed by atoms with Crippen molar-refractivity contribution in [2.75, 3.05) is 10.7 Å². The van der Waals surface area contributed by atoms with Crippen molar-refractivity contribution in [3.8, 4) is 0 Å². The minimum Gasteiger partial charge on any atom is -0.273 e. The molecule has 0 spiro atoms. The molecule has 0 radical (unpaired) electrons. The first-order valence-electron chi connectivity index (χ1n) is 4.02. The molecular formula is C7H9N3OS2. The van der Waals surface area contributed by atoms with Crippen LogP contribution in [0.15, 0.2) is 5.51 Å². The summed E-state index contributed by atoms with van der Waals surface area (Å²) in [6.07, 6.45) is 0.954. The van der Waals surface area contributed by atoms with Crippen LogP contribution in [0.4, 0.5) is 5.13 Å². The highest BCUT2D eigenvalue weighted by Crippen LogP contribution is 2.32. The van der Waals surface area contributed by atoms with Gasteiger partial charge in [-0.1, -0.05) is 18.3 Å². The molecule has 1 fully saturated rings. The van der Waals surface area contributed by atoms with Gasteiger partial charge in [0.05, 0.1) is 11.1 Å². The van der Waals surface area contributed by atoms with Crippen molar-refractivity contribution >= 4 is 34.1 Å². The molecule has 70 valence electrons. The maximum absolute atomic E-state index is 11.5. The molecule has 1 unspecified atom stereocenters. The van der Waals surface area contributed by atoms with Crippen molar-refractivity contribution in [1.29, 1.82) is 0 Å². The number of carbonyl (C=O) groups excluding carboxylic acids is 1. The monoisotopic (exact) mass is 215 g/mol. The summed E-state index contributed by atoms with van der Waals surface area (Å²) in [5.41, 5.74) is 1.65. The molecule has 1 amide bonds. The van der Waals surface area contributed by atoms with Gasteiger partial charge in [0, 0.05) is 0 Å². The number of rotatable bonds is 2. The molecule has 1 atom stereocenters. The van der Waals surface area contributed by atoms with Crippen LogP contribution in [0.2, 0.25) is 0 Å². The fourth-order valence-electron chi connectivity index (χ4n) is 1.27. The second kappa shape index (κ2) is 3.63. The van der Waals surface area contributed by atoms with E-state index in [1.807, 2.05) is 0 Å². The summed E-state index contributed by atoms with van der Waals surface area (Å²) in [7, 11) is 0. The minimum atomic E-state index is 0.147. The molecule has 0 saturated carbocycles. The predicted octanol–water partition coefficient (Wildman–Crippen LogP) is 1.35. The quantitative estimate of drug-likeness (QED) is 0.747. The van der Waals surface area contributed by atoms with Crippen molar-refractivity contribution in [3.63, 3.8) is 0 Å². The van der Waals surface area contributed by atoms with Gasteiger partial charge in [-0.25, -0.2) is 0 Å². The number of amides is 1. The first-order valence-corrected chi connectivity index (χ1v) is 5.95. The molecule has 1 aliphatic rings. The summed E-state index contributed by atoms with van der Waals surface area (Å²) < 4.78 is 0. The molecule has 1 aromatic heterocycles. The van der Waals surface area contributed by atoms with Gasteiger partial charge >= 0.3 is 0 Å². The molecule has 1 aliphatic heterocycles. The highest BCUT2D eigenvalue weighted by atomic mass is 32.2. The normalized spacial score (nSPS) is 22.7. The van der Waals surface area contributed by atoms with E-state index in [2.05, 4.69) is 17.1 Å². The number of nitrogens with zero attached hydrogens (tertiary/aromatic N) is 3. The lowest BCUT2D eigenvalue weighted by atomic mass is 10.4. The summed E-state index contributed by atoms with van der Waals surface area (Å²) in [6.45, 7) is 2.07. The van der Waals surface area contributed by atoms with E-state index in [1.54, 1.807) is 22.2 Å². The molecule has 4 nitrogen and oxygen atoms in total. The van der Waals surface area contributed by atoms with Gasteiger partial charge in [-0.15, -0.1) is 22.0 Å². The zero-order valence-corrected chi connectivity index (χ0v) is 8.77. The van der Waals surface area contributed by atoms with Crippen LogP contribution in [0, 0.1) is 0 Å². The molecule has 13 heavy (non-hydrogen) atoms. The third-order valence-corrected chi connectivity index (χ3v) is 3.89. The molecule has 2 rings (SSSR count). The van der Waals surface area contributed by atoms with Crippen LogP contribution in [0.25, 0.3) is 0 Å². The zero-order chi connectivity index (χ0) is 9.26. The summed E-state index contributed by atoms with van der Waals surface area (Å²) in [6, 6.07) is 0. The summed E-state index contributed by atoms with van der Waals surface area (Å²) >= 11 is 3.08. The summed E-state index contributed by atoms with van der Waals surface area (Å²) in [5.74, 6) is 0.714. The van der Waals surface area contributed by atoms with E-state index in [0.717, 1.165) is 11.6 Å². The molecule has 6 heteroatoms. The Hall–Kier alpha value is -0.620. The fraction of sp³-hybridized carbons (Fsp3) is 0.571. The van der Waals surface area contributed by atoms with Crippen LogP contribution >= 0.6 is 23.1 Å². The lowest BCUT2D eigenvalue weighted by Crippen LogP contribution is -2.32. The molecule has 2 heterocycles. The SMILES string of the molecule is CCC1SCC(=O)N1c1nncs1. The Morgan fingerprint density at radius 3 is 3.23 bits per heavy atom. The van der Waals surface area contributed by atoms with Crippen LogP contribution in [-0.4, -0.2) is 27.2 Å². The lowest BCUT2D eigenvalue weighted by molar-refractivity contribution is -0.115. The van der Waals surface area contributed by atoms with E-state index in [0.29, 0.717) is 5.75 Å². The van der Waals surface area contributed by atoms with Crippen LogP contribution in [0.1, 0.15) is 13.3 Å². The first-order chi connectivity index (χ1) is 6.33. The molecular weight excluding hydrogens is 206 g/mol. The number of hydrogen-bond donors (Lipinski definition) is 0. The lowest BCUT2D eigenvalue weighted by Gasteiger charge is -2.18. The van der Waals surface area contributed by atoms with Gasteiger partial charge in [0.25, 0.3) is 0 Å². The molecule has 0 N–H and O–H groups in total. The van der Waals surface area contributed by atoms with Crippen molar-refractivity contribution in [1.82, 2.24) is 10.2 Å². The van der Waals surface area contributed by atoms with Crippen molar-refractivity contribution < 1.29 is 4.79 Å². The average Bonchev–Trinajstić information content (AvgIpc) is 2.72. The van der Waals surface area contributed by atoms with Gasteiger partial charge in [-0.05, 0) is 6.42 Å². The third-order valence-electron chi connectivity index (χ3n) is 1.86. The van der Waals surface area contributed by atoms with Crippen LogP contribution in [0.5, 0.6) is 0 Å². The summed E-state index contributed by atoms with van der Waals surface area (Å²) in [5, 5.41) is 8.62. The van der Waals surface area contributed by atoms with Gasteiger partial charge in [-0.2, -0.15) is 0 Å². The predicted molar refractivity (Wildman–Crippen MR) is 53.9 cm³/mol. The van der Waals surface area contributed by atoms with E-state index in [1.165, 1.54) is 11.3 Å². The molecule has 0 aliphatic carbocycles. The molecule has 0 bridgehead atoms. The molecule has 1 aromatic rings. The zero-order valence-electron chi connectivity index (χ0n) is 7.14. The Morgan fingerprint density at radius 1 is 1.77 bits per heavy atom. The third kappa shape index (κ3) is 1.55. The van der Waals surface area contributed by atoms with Gasteiger partial charge in [0.1, 0.15) is 5.51 Å². The van der Waals surface area contributed by atoms with Gasteiger partial charge in [-0.3, -0.25) is 9.69 Å². The van der Waals surface area contributed by atoms with E-state index in [4.69, 9.17) is 0 Å². The number of thioether (sulfide) groups is 1.